The van der Waals surface area contributed by atoms with Crippen LogP contribution in [0.4, 0.5) is 0 Å². The molecule has 0 spiro atoms. The highest BCUT2D eigenvalue weighted by molar-refractivity contribution is 5.75. The standard InChI is InChI=1S/C24H24N6O3/c1-14-2-8-18-23(28-14)30-24(29-18)20-13-25-19(12-26-20)16-5-9-21(27-11-16)33-17-6-3-15(4-7-17)10-22(31)32/h2,5,8-9,11-13,15,17H,3-4,6-7,10H2,1H3,(H,31,32)(H,28,29,30). The number of hydrogen-bond donors (Lipinski definition) is 2. The Balaban J connectivity index is 1.22. The van der Waals surface area contributed by atoms with Crippen molar-refractivity contribution in [1.29, 1.82) is 0 Å². The van der Waals surface area contributed by atoms with Crippen LogP contribution in [0.25, 0.3) is 33.9 Å². The maximum Gasteiger partial charge on any atom is 0.303 e. The highest BCUT2D eigenvalue weighted by Gasteiger charge is 2.24. The van der Waals surface area contributed by atoms with Gasteiger partial charge in [-0.3, -0.25) is 9.78 Å². The number of carbonyl (C=O) groups is 1. The average molecular weight is 444 g/mol. The van der Waals surface area contributed by atoms with Crippen molar-refractivity contribution in [2.45, 2.75) is 45.1 Å². The van der Waals surface area contributed by atoms with Crippen LogP contribution in [0.3, 0.4) is 0 Å². The van der Waals surface area contributed by atoms with Gasteiger partial charge >= 0.3 is 5.97 Å². The van der Waals surface area contributed by atoms with Crippen molar-refractivity contribution in [2.75, 3.05) is 0 Å². The summed E-state index contributed by atoms with van der Waals surface area (Å²) in [5, 5.41) is 8.94. The van der Waals surface area contributed by atoms with Gasteiger partial charge < -0.3 is 14.8 Å². The molecule has 0 saturated heterocycles. The van der Waals surface area contributed by atoms with E-state index < -0.39 is 5.97 Å². The van der Waals surface area contributed by atoms with Gasteiger partial charge in [-0.2, -0.15) is 0 Å². The molecule has 0 bridgehead atoms. The molecule has 1 aliphatic carbocycles. The first-order valence-corrected chi connectivity index (χ1v) is 11.0. The monoisotopic (exact) mass is 444 g/mol. The second kappa shape index (κ2) is 8.93. The summed E-state index contributed by atoms with van der Waals surface area (Å²) in [6.45, 7) is 1.93. The number of imidazole rings is 1. The number of aliphatic carboxylic acids is 1. The van der Waals surface area contributed by atoms with Crippen LogP contribution in [-0.2, 0) is 4.79 Å². The molecule has 2 N–H and O–H groups in total. The van der Waals surface area contributed by atoms with Gasteiger partial charge in [-0.05, 0) is 56.7 Å². The van der Waals surface area contributed by atoms with Gasteiger partial charge in [0.2, 0.25) is 5.88 Å². The molecule has 0 amide bonds. The number of pyridine rings is 2. The van der Waals surface area contributed by atoms with Crippen LogP contribution in [0.15, 0.2) is 42.9 Å². The quantitative estimate of drug-likeness (QED) is 0.453. The Labute approximate surface area is 190 Å². The third-order valence-corrected chi connectivity index (χ3v) is 5.96. The Morgan fingerprint density at radius 3 is 2.48 bits per heavy atom. The predicted octanol–water partition coefficient (Wildman–Crippen LogP) is 4.20. The number of carboxylic acid groups (broad SMARTS) is 1. The van der Waals surface area contributed by atoms with E-state index in [1.807, 2.05) is 31.2 Å². The number of H-pyrrole nitrogens is 1. The van der Waals surface area contributed by atoms with Gasteiger partial charge in [0.05, 0.1) is 23.6 Å². The maximum absolute atomic E-state index is 10.9. The number of aromatic amines is 1. The second-order valence-corrected chi connectivity index (χ2v) is 8.44. The Kier molecular flexibility index (Phi) is 5.68. The molecule has 33 heavy (non-hydrogen) atoms. The number of hydrogen-bond acceptors (Lipinski definition) is 7. The Morgan fingerprint density at radius 2 is 1.79 bits per heavy atom. The normalized spacial score (nSPS) is 18.3. The van der Waals surface area contributed by atoms with Gasteiger partial charge in [0.15, 0.2) is 11.5 Å². The first-order valence-electron chi connectivity index (χ1n) is 11.0. The molecule has 9 heteroatoms. The topological polar surface area (TPSA) is 127 Å². The fraction of sp³-hybridized carbons (Fsp3) is 0.333. The molecule has 168 valence electrons. The number of nitrogens with zero attached hydrogens (tertiary/aromatic N) is 5. The van der Waals surface area contributed by atoms with Crippen molar-refractivity contribution in [3.05, 3.63) is 48.5 Å². The molecule has 4 aromatic heterocycles. The lowest BCUT2D eigenvalue weighted by Crippen LogP contribution is -2.25. The number of fused-ring (bicyclic) bond motifs is 1. The summed E-state index contributed by atoms with van der Waals surface area (Å²) in [4.78, 5) is 36.5. The molecule has 0 aromatic carbocycles. The Hall–Kier alpha value is -3.88. The van der Waals surface area contributed by atoms with E-state index in [4.69, 9.17) is 9.84 Å². The molecule has 1 aliphatic rings. The average Bonchev–Trinajstić information content (AvgIpc) is 3.24. The lowest BCUT2D eigenvalue weighted by molar-refractivity contribution is -0.138. The van der Waals surface area contributed by atoms with Crippen LogP contribution >= 0.6 is 0 Å². The molecular formula is C24H24N6O3. The summed E-state index contributed by atoms with van der Waals surface area (Å²) in [5.74, 6) is 0.716. The summed E-state index contributed by atoms with van der Waals surface area (Å²) < 4.78 is 6.00. The van der Waals surface area contributed by atoms with Gasteiger partial charge in [0.1, 0.15) is 11.8 Å². The van der Waals surface area contributed by atoms with E-state index >= 15 is 0 Å². The van der Waals surface area contributed by atoms with Crippen molar-refractivity contribution >= 4 is 17.1 Å². The van der Waals surface area contributed by atoms with E-state index in [0.717, 1.165) is 42.5 Å². The van der Waals surface area contributed by atoms with E-state index in [2.05, 4.69) is 29.9 Å². The first-order chi connectivity index (χ1) is 16.0. The van der Waals surface area contributed by atoms with Crippen LogP contribution in [0.1, 0.15) is 37.8 Å². The molecule has 1 fully saturated rings. The number of aryl methyl sites for hydroxylation is 1. The molecule has 1 saturated carbocycles. The predicted molar refractivity (Wildman–Crippen MR) is 122 cm³/mol. The number of rotatable bonds is 6. The van der Waals surface area contributed by atoms with E-state index in [9.17, 15) is 4.79 Å². The molecule has 5 rings (SSSR count). The molecule has 0 aliphatic heterocycles. The zero-order valence-electron chi connectivity index (χ0n) is 18.2. The molecule has 4 heterocycles. The van der Waals surface area contributed by atoms with Crippen LogP contribution in [0, 0.1) is 12.8 Å². The Bertz CT molecular complexity index is 1260. The van der Waals surface area contributed by atoms with Crippen LogP contribution in [0.5, 0.6) is 5.88 Å². The highest BCUT2D eigenvalue weighted by Crippen LogP contribution is 2.29. The van der Waals surface area contributed by atoms with Gasteiger partial charge in [-0.25, -0.2) is 19.9 Å². The van der Waals surface area contributed by atoms with Crippen molar-refractivity contribution in [3.8, 4) is 28.7 Å². The minimum Gasteiger partial charge on any atom is -0.481 e. The molecular weight excluding hydrogens is 420 g/mol. The summed E-state index contributed by atoms with van der Waals surface area (Å²) in [7, 11) is 0. The lowest BCUT2D eigenvalue weighted by Gasteiger charge is -2.27. The number of nitrogens with one attached hydrogen (secondary N) is 1. The van der Waals surface area contributed by atoms with Gasteiger partial charge in [-0.1, -0.05) is 0 Å². The maximum atomic E-state index is 10.9. The first kappa shape index (κ1) is 21.0. The summed E-state index contributed by atoms with van der Waals surface area (Å²) in [5.41, 5.74) is 4.61. The van der Waals surface area contributed by atoms with Gasteiger partial charge in [-0.15, -0.1) is 0 Å². The number of ether oxygens (including phenoxy) is 1. The third-order valence-electron chi connectivity index (χ3n) is 5.96. The zero-order valence-corrected chi connectivity index (χ0v) is 18.2. The molecule has 4 aromatic rings. The highest BCUT2D eigenvalue weighted by atomic mass is 16.5. The van der Waals surface area contributed by atoms with E-state index in [1.54, 1.807) is 18.6 Å². The summed E-state index contributed by atoms with van der Waals surface area (Å²) in [6.07, 6.45) is 8.87. The van der Waals surface area contributed by atoms with Gasteiger partial charge in [0.25, 0.3) is 0 Å². The van der Waals surface area contributed by atoms with Crippen LogP contribution < -0.4 is 4.74 Å². The molecule has 0 unspecified atom stereocenters. The summed E-state index contributed by atoms with van der Waals surface area (Å²) >= 11 is 0. The van der Waals surface area contributed by atoms with Crippen molar-refractivity contribution in [3.63, 3.8) is 0 Å². The van der Waals surface area contributed by atoms with E-state index in [0.29, 0.717) is 28.7 Å². The molecule has 0 atom stereocenters. The van der Waals surface area contributed by atoms with Crippen LogP contribution in [0.2, 0.25) is 0 Å². The fourth-order valence-electron chi connectivity index (χ4n) is 4.18. The largest absolute Gasteiger partial charge is 0.481 e. The lowest BCUT2D eigenvalue weighted by atomic mass is 9.85. The van der Waals surface area contributed by atoms with Crippen molar-refractivity contribution in [2.24, 2.45) is 5.92 Å². The number of aromatic nitrogens is 6. The molecule has 0 radical (unpaired) electrons. The minimum atomic E-state index is -0.725. The Morgan fingerprint density at radius 1 is 1.00 bits per heavy atom. The smallest absolute Gasteiger partial charge is 0.303 e. The fourth-order valence-corrected chi connectivity index (χ4v) is 4.18. The zero-order chi connectivity index (χ0) is 22.8. The minimum absolute atomic E-state index is 0.0783. The third kappa shape index (κ3) is 4.82. The van der Waals surface area contributed by atoms with Gasteiger partial charge in [0, 0.05) is 29.9 Å². The van der Waals surface area contributed by atoms with Crippen LogP contribution in [-0.4, -0.2) is 47.1 Å². The summed E-state index contributed by atoms with van der Waals surface area (Å²) in [6, 6.07) is 7.63. The van der Waals surface area contributed by atoms with E-state index in [-0.39, 0.29) is 18.4 Å². The number of carboxylic acids is 1. The van der Waals surface area contributed by atoms with Crippen molar-refractivity contribution < 1.29 is 14.6 Å². The van der Waals surface area contributed by atoms with E-state index in [1.165, 1.54) is 0 Å². The van der Waals surface area contributed by atoms with Crippen molar-refractivity contribution in [1.82, 2.24) is 29.9 Å². The second-order valence-electron chi connectivity index (χ2n) is 8.44. The molecule has 9 nitrogen and oxygen atoms in total. The SMILES string of the molecule is Cc1ccc2[nH]c(-c3cnc(-c4ccc(OC5CCC(CC(=O)O)CC5)nc4)cn3)nc2n1.